The smallest absolute Gasteiger partial charge is 0.151 e. The summed E-state index contributed by atoms with van der Waals surface area (Å²) in [7, 11) is -2.83. The quantitative estimate of drug-likeness (QED) is 0.910. The molecule has 18 heavy (non-hydrogen) atoms. The van der Waals surface area contributed by atoms with Crippen LogP contribution in [0.4, 0.5) is 0 Å². The molecule has 0 bridgehead atoms. The molecule has 0 amide bonds. The van der Waals surface area contributed by atoms with Crippen LogP contribution < -0.4 is 5.32 Å². The molecule has 0 aliphatic carbocycles. The van der Waals surface area contributed by atoms with Crippen molar-refractivity contribution in [2.24, 2.45) is 0 Å². The normalized spacial score (nSPS) is 24.6. The Labute approximate surface area is 110 Å². The van der Waals surface area contributed by atoms with Gasteiger partial charge in [0, 0.05) is 12.1 Å². The molecule has 3 nitrogen and oxygen atoms in total. The molecule has 0 spiro atoms. The van der Waals surface area contributed by atoms with E-state index in [1.54, 1.807) is 0 Å². The molecule has 2 unspecified atom stereocenters. The molecule has 0 saturated carbocycles. The van der Waals surface area contributed by atoms with Gasteiger partial charge in [-0.15, -0.1) is 0 Å². The van der Waals surface area contributed by atoms with Gasteiger partial charge in [0.2, 0.25) is 0 Å². The summed E-state index contributed by atoms with van der Waals surface area (Å²) in [5, 5.41) is 3.50. The van der Waals surface area contributed by atoms with Crippen molar-refractivity contribution in [3.63, 3.8) is 0 Å². The van der Waals surface area contributed by atoms with E-state index in [-0.39, 0.29) is 17.8 Å². The lowest BCUT2D eigenvalue weighted by molar-refractivity contribution is 0.414. The fraction of sp³-hybridized carbons (Fsp3) is 0.571. The number of sulfone groups is 1. The van der Waals surface area contributed by atoms with Gasteiger partial charge in [-0.1, -0.05) is 37.3 Å². The molecule has 100 valence electrons. The lowest BCUT2D eigenvalue weighted by Crippen LogP contribution is -2.41. The zero-order valence-electron chi connectivity index (χ0n) is 10.8. The molecule has 0 aromatic heterocycles. The Kier molecular flexibility index (Phi) is 4.40. The van der Waals surface area contributed by atoms with Crippen molar-refractivity contribution >= 4 is 9.84 Å². The minimum atomic E-state index is -2.83. The standard InChI is InChI=1S/C14H21NO2S/c1-2-14(12-7-4-3-5-8-12)15-13-9-6-10-18(16,17)11-13/h3-5,7-8,13-15H,2,6,9-11H2,1H3. The average molecular weight is 267 g/mol. The van der Waals surface area contributed by atoms with Gasteiger partial charge in [0.15, 0.2) is 9.84 Å². The van der Waals surface area contributed by atoms with Crippen LogP contribution in [0.2, 0.25) is 0 Å². The van der Waals surface area contributed by atoms with Gasteiger partial charge in [0.25, 0.3) is 0 Å². The first kappa shape index (κ1) is 13.6. The second kappa shape index (κ2) is 5.85. The van der Waals surface area contributed by atoms with Crippen molar-refractivity contribution in [1.82, 2.24) is 5.32 Å². The molecule has 2 rings (SSSR count). The van der Waals surface area contributed by atoms with E-state index in [1.807, 2.05) is 18.2 Å². The molecular weight excluding hydrogens is 246 g/mol. The number of benzene rings is 1. The summed E-state index contributed by atoms with van der Waals surface area (Å²) >= 11 is 0. The number of nitrogens with one attached hydrogen (secondary N) is 1. The van der Waals surface area contributed by atoms with Crippen LogP contribution in [0.5, 0.6) is 0 Å². The molecule has 0 radical (unpaired) electrons. The Bertz CT molecular complexity index is 470. The molecule has 1 fully saturated rings. The maximum absolute atomic E-state index is 11.6. The van der Waals surface area contributed by atoms with E-state index in [4.69, 9.17) is 0 Å². The van der Waals surface area contributed by atoms with Crippen LogP contribution in [0.15, 0.2) is 30.3 Å². The van der Waals surface area contributed by atoms with E-state index < -0.39 is 9.84 Å². The molecule has 4 heteroatoms. The van der Waals surface area contributed by atoms with Gasteiger partial charge in [-0.2, -0.15) is 0 Å². The third-order valence-corrected chi connectivity index (χ3v) is 5.33. The van der Waals surface area contributed by atoms with Crippen LogP contribution >= 0.6 is 0 Å². The summed E-state index contributed by atoms with van der Waals surface area (Å²) in [5.41, 5.74) is 1.24. The van der Waals surface area contributed by atoms with Crippen LogP contribution in [0.25, 0.3) is 0 Å². The van der Waals surface area contributed by atoms with E-state index in [1.165, 1.54) is 5.56 Å². The first-order chi connectivity index (χ1) is 8.61. The summed E-state index contributed by atoms with van der Waals surface area (Å²) < 4.78 is 23.3. The fourth-order valence-corrected chi connectivity index (χ4v) is 4.22. The zero-order chi connectivity index (χ0) is 13.0. The van der Waals surface area contributed by atoms with Gasteiger partial charge < -0.3 is 5.32 Å². The van der Waals surface area contributed by atoms with Crippen LogP contribution in [-0.2, 0) is 9.84 Å². The van der Waals surface area contributed by atoms with Crippen molar-refractivity contribution < 1.29 is 8.42 Å². The number of hydrogen-bond donors (Lipinski definition) is 1. The predicted octanol–water partition coefficient (Wildman–Crippen LogP) is 2.30. The minimum Gasteiger partial charge on any atom is -0.306 e. The second-order valence-corrected chi connectivity index (χ2v) is 7.22. The maximum atomic E-state index is 11.6. The van der Waals surface area contributed by atoms with Gasteiger partial charge >= 0.3 is 0 Å². The van der Waals surface area contributed by atoms with Gasteiger partial charge in [-0.3, -0.25) is 0 Å². The third kappa shape index (κ3) is 3.56. The van der Waals surface area contributed by atoms with Crippen molar-refractivity contribution in [3.8, 4) is 0 Å². The summed E-state index contributed by atoms with van der Waals surface area (Å²) in [6, 6.07) is 10.6. The highest BCUT2D eigenvalue weighted by Crippen LogP contribution is 2.20. The van der Waals surface area contributed by atoms with Crippen molar-refractivity contribution in [3.05, 3.63) is 35.9 Å². The van der Waals surface area contributed by atoms with E-state index in [9.17, 15) is 8.42 Å². The van der Waals surface area contributed by atoms with E-state index >= 15 is 0 Å². The Balaban J connectivity index is 2.03. The number of hydrogen-bond acceptors (Lipinski definition) is 3. The van der Waals surface area contributed by atoms with Gasteiger partial charge in [0.05, 0.1) is 11.5 Å². The van der Waals surface area contributed by atoms with Crippen molar-refractivity contribution in [1.29, 1.82) is 0 Å². The van der Waals surface area contributed by atoms with Crippen molar-refractivity contribution in [2.75, 3.05) is 11.5 Å². The monoisotopic (exact) mass is 267 g/mol. The average Bonchev–Trinajstić information content (AvgIpc) is 2.36. The van der Waals surface area contributed by atoms with Gasteiger partial charge in [-0.05, 0) is 24.8 Å². The first-order valence-electron chi connectivity index (χ1n) is 6.62. The first-order valence-corrected chi connectivity index (χ1v) is 8.44. The van der Waals surface area contributed by atoms with Crippen LogP contribution in [0.3, 0.4) is 0 Å². The van der Waals surface area contributed by atoms with Crippen LogP contribution in [-0.4, -0.2) is 26.0 Å². The highest BCUT2D eigenvalue weighted by molar-refractivity contribution is 7.91. The Morgan fingerprint density at radius 3 is 2.67 bits per heavy atom. The molecule has 1 aliphatic rings. The maximum Gasteiger partial charge on any atom is 0.151 e. The zero-order valence-corrected chi connectivity index (χ0v) is 11.6. The molecule has 2 atom stereocenters. The molecule has 1 heterocycles. The van der Waals surface area contributed by atoms with E-state index in [2.05, 4.69) is 24.4 Å². The Morgan fingerprint density at radius 2 is 2.06 bits per heavy atom. The third-order valence-electron chi connectivity index (χ3n) is 3.51. The summed E-state index contributed by atoms with van der Waals surface area (Å²) in [5.74, 6) is 0.643. The largest absolute Gasteiger partial charge is 0.306 e. The molecule has 1 aromatic rings. The van der Waals surface area contributed by atoms with E-state index in [0.717, 1.165) is 19.3 Å². The predicted molar refractivity (Wildman–Crippen MR) is 74.3 cm³/mol. The summed E-state index contributed by atoms with van der Waals surface area (Å²) in [6.07, 6.45) is 2.72. The topological polar surface area (TPSA) is 46.2 Å². The van der Waals surface area contributed by atoms with Gasteiger partial charge in [-0.25, -0.2) is 8.42 Å². The van der Waals surface area contributed by atoms with Crippen LogP contribution in [0.1, 0.15) is 37.8 Å². The second-order valence-electron chi connectivity index (χ2n) is 4.99. The Hall–Kier alpha value is -0.870. The lowest BCUT2D eigenvalue weighted by Gasteiger charge is -2.28. The minimum absolute atomic E-state index is 0.105. The highest BCUT2D eigenvalue weighted by atomic mass is 32.2. The summed E-state index contributed by atoms with van der Waals surface area (Å²) in [4.78, 5) is 0. The Morgan fingerprint density at radius 1 is 1.33 bits per heavy atom. The van der Waals surface area contributed by atoms with E-state index in [0.29, 0.717) is 5.75 Å². The lowest BCUT2D eigenvalue weighted by atomic mass is 10.0. The molecule has 1 aromatic carbocycles. The molecule has 1 saturated heterocycles. The number of rotatable bonds is 4. The molecular formula is C14H21NO2S. The fourth-order valence-electron chi connectivity index (χ4n) is 2.57. The summed E-state index contributed by atoms with van der Waals surface area (Å²) in [6.45, 7) is 2.13. The molecule has 1 N–H and O–H groups in total. The molecule has 1 aliphatic heterocycles. The highest BCUT2D eigenvalue weighted by Gasteiger charge is 2.26. The van der Waals surface area contributed by atoms with Gasteiger partial charge in [0.1, 0.15) is 0 Å². The van der Waals surface area contributed by atoms with Crippen LogP contribution in [0, 0.1) is 0 Å². The van der Waals surface area contributed by atoms with Crippen molar-refractivity contribution in [2.45, 2.75) is 38.3 Å². The SMILES string of the molecule is CCC(NC1CCCS(=O)(=O)C1)c1ccccc1.